The van der Waals surface area contributed by atoms with Crippen molar-refractivity contribution in [2.75, 3.05) is 18.8 Å². The van der Waals surface area contributed by atoms with Gasteiger partial charge in [0.05, 0.1) is 5.75 Å². The van der Waals surface area contributed by atoms with Gasteiger partial charge in [-0.3, -0.25) is 9.59 Å². The molecule has 0 aliphatic heterocycles. The number of hydrogen-bond acceptors (Lipinski definition) is 3. The fourth-order valence-corrected chi connectivity index (χ4v) is 2.23. The molecular weight excluding hydrogens is 238 g/mol. The Morgan fingerprint density at radius 2 is 2.00 bits per heavy atom. The highest BCUT2D eigenvalue weighted by atomic mass is 32.2. The van der Waals surface area contributed by atoms with Crippen molar-refractivity contribution in [1.82, 2.24) is 4.90 Å². The van der Waals surface area contributed by atoms with E-state index in [4.69, 9.17) is 5.11 Å². The van der Waals surface area contributed by atoms with Crippen LogP contribution < -0.4 is 0 Å². The predicted molar refractivity (Wildman–Crippen MR) is 71.2 cm³/mol. The van der Waals surface area contributed by atoms with Crippen LogP contribution in [0.15, 0.2) is 12.2 Å². The number of likely N-dealkylation sites (N-methyl/N-ethyl adjacent to an activating group) is 1. The molecule has 0 aliphatic carbocycles. The molecule has 0 radical (unpaired) electrons. The van der Waals surface area contributed by atoms with Crippen LogP contribution in [0.4, 0.5) is 0 Å². The van der Waals surface area contributed by atoms with E-state index in [1.165, 1.54) is 11.8 Å². The van der Waals surface area contributed by atoms with Crippen LogP contribution in [-0.2, 0) is 9.59 Å². The van der Waals surface area contributed by atoms with E-state index in [0.717, 1.165) is 5.57 Å². The number of thioether (sulfide) groups is 1. The standard InChI is InChI=1S/C12H21NO3S/c1-5-10(12(15)16)17-8-11(14)13(6-2)7-9(3)4/h10H,3,5-8H2,1-2,4H3,(H,15,16). The topological polar surface area (TPSA) is 57.6 Å². The first kappa shape index (κ1) is 16.0. The second kappa shape index (κ2) is 8.17. The average molecular weight is 259 g/mol. The molecule has 1 N–H and O–H groups in total. The van der Waals surface area contributed by atoms with E-state index in [0.29, 0.717) is 19.5 Å². The lowest BCUT2D eigenvalue weighted by Gasteiger charge is -2.21. The minimum absolute atomic E-state index is 0.0276. The van der Waals surface area contributed by atoms with E-state index < -0.39 is 11.2 Å². The number of amides is 1. The highest BCUT2D eigenvalue weighted by Crippen LogP contribution is 2.15. The first-order valence-electron chi connectivity index (χ1n) is 5.68. The Bertz CT molecular complexity index is 291. The summed E-state index contributed by atoms with van der Waals surface area (Å²) in [7, 11) is 0. The van der Waals surface area contributed by atoms with E-state index in [-0.39, 0.29) is 11.7 Å². The van der Waals surface area contributed by atoms with Gasteiger partial charge in [0.2, 0.25) is 5.91 Å². The molecule has 4 nitrogen and oxygen atoms in total. The summed E-state index contributed by atoms with van der Waals surface area (Å²) in [4.78, 5) is 24.3. The lowest BCUT2D eigenvalue weighted by atomic mass is 10.3. The van der Waals surface area contributed by atoms with E-state index >= 15 is 0 Å². The average Bonchev–Trinajstić information content (AvgIpc) is 2.25. The molecule has 0 saturated heterocycles. The van der Waals surface area contributed by atoms with Crippen LogP contribution in [0.3, 0.4) is 0 Å². The summed E-state index contributed by atoms with van der Waals surface area (Å²) in [5, 5.41) is 8.37. The number of rotatable bonds is 8. The second-order valence-electron chi connectivity index (χ2n) is 3.91. The Balaban J connectivity index is 4.22. The Labute approximate surface area is 107 Å². The number of hydrogen-bond donors (Lipinski definition) is 1. The fourth-order valence-electron chi connectivity index (χ4n) is 1.33. The maximum atomic E-state index is 11.8. The third kappa shape index (κ3) is 6.36. The molecular formula is C12H21NO3S. The smallest absolute Gasteiger partial charge is 0.316 e. The molecule has 0 bridgehead atoms. The Kier molecular flexibility index (Phi) is 7.70. The van der Waals surface area contributed by atoms with Crippen molar-refractivity contribution < 1.29 is 14.7 Å². The molecule has 0 rings (SSSR count). The van der Waals surface area contributed by atoms with E-state index in [9.17, 15) is 9.59 Å². The first-order valence-corrected chi connectivity index (χ1v) is 6.73. The van der Waals surface area contributed by atoms with Gasteiger partial charge >= 0.3 is 5.97 Å². The lowest BCUT2D eigenvalue weighted by Crippen LogP contribution is -2.34. The van der Waals surface area contributed by atoms with Crippen LogP contribution in [0.25, 0.3) is 0 Å². The van der Waals surface area contributed by atoms with Gasteiger partial charge in [0, 0.05) is 13.1 Å². The molecule has 0 spiro atoms. The molecule has 0 aromatic rings. The highest BCUT2D eigenvalue weighted by molar-refractivity contribution is 8.01. The second-order valence-corrected chi connectivity index (χ2v) is 5.10. The van der Waals surface area contributed by atoms with Crippen LogP contribution in [0, 0.1) is 0 Å². The Morgan fingerprint density at radius 1 is 1.41 bits per heavy atom. The summed E-state index contributed by atoms with van der Waals surface area (Å²) in [5.74, 6) is -0.667. The number of carbonyl (C=O) groups is 2. The van der Waals surface area contributed by atoms with Gasteiger partial charge in [-0.2, -0.15) is 0 Å². The zero-order valence-electron chi connectivity index (χ0n) is 10.7. The van der Waals surface area contributed by atoms with Gasteiger partial charge in [0.1, 0.15) is 5.25 Å². The molecule has 1 atom stereocenters. The number of nitrogens with zero attached hydrogens (tertiary/aromatic N) is 1. The minimum atomic E-state index is -0.853. The van der Waals surface area contributed by atoms with Gasteiger partial charge in [-0.05, 0) is 20.3 Å². The quantitative estimate of drug-likeness (QED) is 0.677. The number of carboxylic acids is 1. The summed E-state index contributed by atoms with van der Waals surface area (Å²) < 4.78 is 0. The summed E-state index contributed by atoms with van der Waals surface area (Å²) >= 11 is 1.19. The maximum absolute atomic E-state index is 11.8. The summed E-state index contributed by atoms with van der Waals surface area (Å²) in [6.45, 7) is 10.5. The number of carbonyl (C=O) groups excluding carboxylic acids is 1. The van der Waals surface area contributed by atoms with Gasteiger partial charge in [0.15, 0.2) is 0 Å². The van der Waals surface area contributed by atoms with Crippen molar-refractivity contribution in [2.24, 2.45) is 0 Å². The molecule has 98 valence electrons. The Hall–Kier alpha value is -0.970. The fraction of sp³-hybridized carbons (Fsp3) is 0.667. The van der Waals surface area contributed by atoms with Crippen molar-refractivity contribution in [3.05, 3.63) is 12.2 Å². The van der Waals surface area contributed by atoms with Crippen LogP contribution in [0.1, 0.15) is 27.2 Å². The van der Waals surface area contributed by atoms with Gasteiger partial charge in [-0.15, -0.1) is 11.8 Å². The zero-order chi connectivity index (χ0) is 13.4. The zero-order valence-corrected chi connectivity index (χ0v) is 11.5. The molecule has 0 aromatic heterocycles. The van der Waals surface area contributed by atoms with Gasteiger partial charge < -0.3 is 10.0 Å². The van der Waals surface area contributed by atoms with Crippen LogP contribution >= 0.6 is 11.8 Å². The normalized spacial score (nSPS) is 11.9. The third-order valence-electron chi connectivity index (χ3n) is 2.25. The summed E-state index contributed by atoms with van der Waals surface area (Å²) in [5.41, 5.74) is 0.926. The lowest BCUT2D eigenvalue weighted by molar-refractivity contribution is -0.136. The molecule has 17 heavy (non-hydrogen) atoms. The summed E-state index contributed by atoms with van der Waals surface area (Å²) in [6.07, 6.45) is 0.528. The van der Waals surface area contributed by atoms with Crippen molar-refractivity contribution in [3.63, 3.8) is 0 Å². The van der Waals surface area contributed by atoms with Crippen LogP contribution in [-0.4, -0.2) is 46.0 Å². The van der Waals surface area contributed by atoms with E-state index in [1.807, 2.05) is 20.8 Å². The molecule has 0 aromatic carbocycles. The maximum Gasteiger partial charge on any atom is 0.316 e. The van der Waals surface area contributed by atoms with E-state index in [2.05, 4.69) is 6.58 Å². The van der Waals surface area contributed by atoms with Gasteiger partial charge in [0.25, 0.3) is 0 Å². The van der Waals surface area contributed by atoms with Crippen molar-refractivity contribution in [3.8, 4) is 0 Å². The Morgan fingerprint density at radius 3 is 2.35 bits per heavy atom. The van der Waals surface area contributed by atoms with Gasteiger partial charge in [-0.25, -0.2) is 0 Å². The molecule has 5 heteroatoms. The van der Waals surface area contributed by atoms with Crippen LogP contribution in [0.5, 0.6) is 0 Å². The molecule has 0 heterocycles. The first-order chi connectivity index (χ1) is 7.92. The highest BCUT2D eigenvalue weighted by Gasteiger charge is 2.19. The third-order valence-corrected chi connectivity index (χ3v) is 3.60. The monoisotopic (exact) mass is 259 g/mol. The molecule has 0 aliphatic rings. The van der Waals surface area contributed by atoms with Crippen molar-refractivity contribution in [2.45, 2.75) is 32.4 Å². The van der Waals surface area contributed by atoms with Crippen molar-refractivity contribution in [1.29, 1.82) is 0 Å². The molecule has 0 fully saturated rings. The minimum Gasteiger partial charge on any atom is -0.480 e. The van der Waals surface area contributed by atoms with Gasteiger partial charge in [-0.1, -0.05) is 19.1 Å². The number of carboxylic acid groups (broad SMARTS) is 1. The summed E-state index contributed by atoms with van der Waals surface area (Å²) in [6, 6.07) is 0. The SMILES string of the molecule is C=C(C)CN(CC)C(=O)CSC(CC)C(=O)O. The predicted octanol–water partition coefficient (Wildman–Crippen LogP) is 2.01. The molecule has 1 amide bonds. The largest absolute Gasteiger partial charge is 0.480 e. The van der Waals surface area contributed by atoms with Crippen molar-refractivity contribution >= 4 is 23.6 Å². The molecule has 1 unspecified atom stereocenters. The van der Waals surface area contributed by atoms with E-state index in [1.54, 1.807) is 4.90 Å². The van der Waals surface area contributed by atoms with Crippen LogP contribution in [0.2, 0.25) is 0 Å². The molecule has 0 saturated carbocycles. The number of aliphatic carboxylic acids is 1.